The van der Waals surface area contributed by atoms with E-state index in [1.165, 1.54) is 12.5 Å². The van der Waals surface area contributed by atoms with Crippen molar-refractivity contribution in [3.63, 3.8) is 0 Å². The van der Waals surface area contributed by atoms with Gasteiger partial charge in [0.2, 0.25) is 11.8 Å². The lowest BCUT2D eigenvalue weighted by Crippen LogP contribution is -2.21. The third kappa shape index (κ3) is 5.12. The van der Waals surface area contributed by atoms with Crippen LogP contribution < -0.4 is 15.8 Å². The zero-order valence-corrected chi connectivity index (χ0v) is 16.2. The van der Waals surface area contributed by atoms with Crippen LogP contribution in [0.3, 0.4) is 0 Å². The molecular formula is C20H24N2O6. The van der Waals surface area contributed by atoms with Crippen LogP contribution in [0.2, 0.25) is 0 Å². The first kappa shape index (κ1) is 21.0. The molecule has 0 spiro atoms. The number of benzene rings is 1. The molecule has 2 rings (SSSR count). The van der Waals surface area contributed by atoms with E-state index in [0.29, 0.717) is 5.75 Å². The standard InChI is InChI=1S/C20H24N2O6/c1-4-13-6-8-14(9-7-13)27-11-10-15(23)22-19-17(18(21)24)16(12(3)28-19)20(25)26-5-2/h6-9H,4-5,10-11H2,1-3H3,(H2,21,24)(H,22,23). The van der Waals surface area contributed by atoms with Crippen LogP contribution in [-0.2, 0) is 16.0 Å². The highest BCUT2D eigenvalue weighted by Crippen LogP contribution is 2.27. The second kappa shape index (κ2) is 9.59. The summed E-state index contributed by atoms with van der Waals surface area (Å²) >= 11 is 0. The number of anilines is 1. The van der Waals surface area contributed by atoms with Gasteiger partial charge >= 0.3 is 5.97 Å². The van der Waals surface area contributed by atoms with E-state index in [1.807, 2.05) is 24.3 Å². The number of esters is 1. The molecular weight excluding hydrogens is 364 g/mol. The Labute approximate surface area is 163 Å². The smallest absolute Gasteiger partial charge is 0.342 e. The van der Waals surface area contributed by atoms with Crippen molar-refractivity contribution in [2.24, 2.45) is 5.73 Å². The number of furan rings is 1. The lowest BCUT2D eigenvalue weighted by molar-refractivity contribution is -0.116. The van der Waals surface area contributed by atoms with Crippen molar-refractivity contribution in [2.45, 2.75) is 33.6 Å². The van der Waals surface area contributed by atoms with Crippen LogP contribution in [0.5, 0.6) is 5.75 Å². The third-order valence-electron chi connectivity index (χ3n) is 3.99. The summed E-state index contributed by atoms with van der Waals surface area (Å²) in [4.78, 5) is 36.0. The molecule has 2 aromatic rings. The molecule has 0 saturated heterocycles. The second-order valence-corrected chi connectivity index (χ2v) is 5.97. The molecule has 1 heterocycles. The van der Waals surface area contributed by atoms with Crippen LogP contribution in [0, 0.1) is 6.92 Å². The first-order valence-electron chi connectivity index (χ1n) is 8.99. The quantitative estimate of drug-likeness (QED) is 0.637. The molecule has 1 aromatic heterocycles. The largest absolute Gasteiger partial charge is 0.493 e. The number of hydrogen-bond donors (Lipinski definition) is 2. The molecule has 0 aliphatic carbocycles. The van der Waals surface area contributed by atoms with Gasteiger partial charge in [0, 0.05) is 0 Å². The summed E-state index contributed by atoms with van der Waals surface area (Å²) < 4.78 is 15.8. The van der Waals surface area contributed by atoms with Crippen LogP contribution in [0.25, 0.3) is 0 Å². The Bertz CT molecular complexity index is 854. The van der Waals surface area contributed by atoms with E-state index < -0.39 is 17.8 Å². The van der Waals surface area contributed by atoms with Crippen LogP contribution in [0.15, 0.2) is 28.7 Å². The molecule has 0 unspecified atom stereocenters. The lowest BCUT2D eigenvalue weighted by atomic mass is 10.1. The summed E-state index contributed by atoms with van der Waals surface area (Å²) in [6.45, 7) is 5.44. The normalized spacial score (nSPS) is 10.4. The van der Waals surface area contributed by atoms with Crippen LogP contribution in [0.1, 0.15) is 52.3 Å². The van der Waals surface area contributed by atoms with E-state index in [1.54, 1.807) is 6.92 Å². The Morgan fingerprint density at radius 3 is 2.36 bits per heavy atom. The van der Waals surface area contributed by atoms with E-state index in [4.69, 9.17) is 19.6 Å². The number of carbonyl (C=O) groups excluding carboxylic acids is 3. The molecule has 8 nitrogen and oxygen atoms in total. The van der Waals surface area contributed by atoms with E-state index in [0.717, 1.165) is 6.42 Å². The number of rotatable bonds is 9. The van der Waals surface area contributed by atoms with E-state index in [-0.39, 0.29) is 42.4 Å². The number of ether oxygens (including phenoxy) is 2. The Morgan fingerprint density at radius 1 is 1.11 bits per heavy atom. The fraction of sp³-hybridized carbons (Fsp3) is 0.350. The number of carbonyl (C=O) groups is 3. The maximum atomic E-state index is 12.2. The predicted molar refractivity (Wildman–Crippen MR) is 102 cm³/mol. The van der Waals surface area contributed by atoms with Gasteiger partial charge in [0.1, 0.15) is 22.6 Å². The summed E-state index contributed by atoms with van der Waals surface area (Å²) in [5, 5.41) is 2.46. The summed E-state index contributed by atoms with van der Waals surface area (Å²) in [7, 11) is 0. The van der Waals surface area contributed by atoms with Crippen LogP contribution in [-0.4, -0.2) is 31.0 Å². The highest BCUT2D eigenvalue weighted by Gasteiger charge is 2.29. The van der Waals surface area contributed by atoms with Gasteiger partial charge in [-0.3, -0.25) is 14.9 Å². The number of nitrogens with two attached hydrogens (primary N) is 1. The van der Waals surface area contributed by atoms with Crippen molar-refractivity contribution in [1.29, 1.82) is 0 Å². The van der Waals surface area contributed by atoms with Crippen molar-refractivity contribution in [2.75, 3.05) is 18.5 Å². The second-order valence-electron chi connectivity index (χ2n) is 5.97. The summed E-state index contributed by atoms with van der Waals surface area (Å²) in [6.07, 6.45) is 0.948. The van der Waals surface area contributed by atoms with Crippen molar-refractivity contribution in [3.05, 3.63) is 46.7 Å². The summed E-state index contributed by atoms with van der Waals surface area (Å²) in [5.41, 5.74) is 6.25. The molecule has 0 aliphatic rings. The number of hydrogen-bond acceptors (Lipinski definition) is 6. The molecule has 0 fully saturated rings. The molecule has 28 heavy (non-hydrogen) atoms. The number of amides is 2. The number of primary amides is 1. The molecule has 3 N–H and O–H groups in total. The van der Waals surface area contributed by atoms with E-state index >= 15 is 0 Å². The molecule has 1 aromatic carbocycles. The van der Waals surface area contributed by atoms with Gasteiger partial charge in [0.15, 0.2) is 0 Å². The minimum absolute atomic E-state index is 0.0161. The van der Waals surface area contributed by atoms with Gasteiger partial charge in [-0.1, -0.05) is 19.1 Å². The molecule has 150 valence electrons. The van der Waals surface area contributed by atoms with Crippen molar-refractivity contribution < 1.29 is 28.3 Å². The van der Waals surface area contributed by atoms with Gasteiger partial charge in [0.05, 0.1) is 19.6 Å². The van der Waals surface area contributed by atoms with Gasteiger partial charge in [-0.05, 0) is 38.0 Å². The molecule has 0 saturated carbocycles. The SMILES string of the molecule is CCOC(=O)c1c(C)oc(NC(=O)CCOc2ccc(CC)cc2)c1C(N)=O. The van der Waals surface area contributed by atoms with Crippen molar-refractivity contribution >= 4 is 23.7 Å². The van der Waals surface area contributed by atoms with E-state index in [9.17, 15) is 14.4 Å². The fourth-order valence-electron chi connectivity index (χ4n) is 2.59. The Hall–Kier alpha value is -3.29. The predicted octanol–water partition coefficient (Wildman–Crippen LogP) is 2.83. The third-order valence-corrected chi connectivity index (χ3v) is 3.99. The van der Waals surface area contributed by atoms with Crippen molar-refractivity contribution in [1.82, 2.24) is 0 Å². The Balaban J connectivity index is 2.01. The molecule has 8 heteroatoms. The molecule has 2 amide bonds. The first-order chi connectivity index (χ1) is 13.4. The first-order valence-corrected chi connectivity index (χ1v) is 8.99. The van der Waals surface area contributed by atoms with Gasteiger partial charge in [0.25, 0.3) is 5.91 Å². The average Bonchev–Trinajstić information content (AvgIpc) is 2.98. The molecule has 0 radical (unpaired) electrons. The maximum Gasteiger partial charge on any atom is 0.342 e. The molecule has 0 atom stereocenters. The Kier molecular flexibility index (Phi) is 7.20. The topological polar surface area (TPSA) is 121 Å². The maximum absolute atomic E-state index is 12.2. The molecule has 0 bridgehead atoms. The van der Waals surface area contributed by atoms with Gasteiger partial charge in [-0.15, -0.1) is 0 Å². The number of aryl methyl sites for hydroxylation is 2. The number of nitrogens with one attached hydrogen (secondary N) is 1. The minimum Gasteiger partial charge on any atom is -0.493 e. The molecule has 0 aliphatic heterocycles. The zero-order valence-electron chi connectivity index (χ0n) is 16.2. The lowest BCUT2D eigenvalue weighted by Gasteiger charge is -2.07. The van der Waals surface area contributed by atoms with Gasteiger partial charge < -0.3 is 19.6 Å². The van der Waals surface area contributed by atoms with Crippen molar-refractivity contribution in [3.8, 4) is 5.75 Å². The van der Waals surface area contributed by atoms with Crippen LogP contribution in [0.4, 0.5) is 5.88 Å². The minimum atomic E-state index is -0.900. The monoisotopic (exact) mass is 388 g/mol. The van der Waals surface area contributed by atoms with E-state index in [2.05, 4.69) is 12.2 Å². The summed E-state index contributed by atoms with van der Waals surface area (Å²) in [5.74, 6) is -1.47. The highest BCUT2D eigenvalue weighted by atomic mass is 16.5. The van der Waals surface area contributed by atoms with Gasteiger partial charge in [-0.25, -0.2) is 4.79 Å². The Morgan fingerprint density at radius 2 is 1.79 bits per heavy atom. The summed E-state index contributed by atoms with van der Waals surface area (Å²) in [6, 6.07) is 7.58. The van der Waals surface area contributed by atoms with Gasteiger partial charge in [-0.2, -0.15) is 0 Å². The van der Waals surface area contributed by atoms with Crippen LogP contribution >= 0.6 is 0 Å². The fourth-order valence-corrected chi connectivity index (χ4v) is 2.59. The zero-order chi connectivity index (χ0) is 20.7. The highest BCUT2D eigenvalue weighted by molar-refractivity contribution is 6.10. The average molecular weight is 388 g/mol.